The number of nitrogens with one attached hydrogen (secondary N) is 1. The van der Waals surface area contributed by atoms with Crippen molar-refractivity contribution in [2.24, 2.45) is 11.5 Å². The first-order valence-electron chi connectivity index (χ1n) is 6.09. The molecule has 5 nitrogen and oxygen atoms in total. The van der Waals surface area contributed by atoms with Gasteiger partial charge in [-0.3, -0.25) is 4.72 Å². The number of hydrogen-bond donors (Lipinski definition) is 3. The minimum Gasteiger partial charge on any atom is -0.405 e. The zero-order valence-corrected chi connectivity index (χ0v) is 12.7. The van der Waals surface area contributed by atoms with Gasteiger partial charge in [0.1, 0.15) is 0 Å². The third-order valence-electron chi connectivity index (χ3n) is 2.57. The van der Waals surface area contributed by atoms with Crippen molar-refractivity contribution in [3.63, 3.8) is 0 Å². The monoisotopic (exact) mass is 305 g/mol. The van der Waals surface area contributed by atoms with Gasteiger partial charge in [0.2, 0.25) is 0 Å². The lowest BCUT2D eigenvalue weighted by molar-refractivity contribution is 0.589. The predicted molar refractivity (Wildman–Crippen MR) is 85.4 cm³/mol. The molecule has 0 aliphatic carbocycles. The minimum atomic E-state index is -3.68. The third kappa shape index (κ3) is 4.85. The highest BCUT2D eigenvalue weighted by atomic mass is 32.2. The molecule has 6 heteroatoms. The van der Waals surface area contributed by atoms with Crippen LogP contribution >= 0.6 is 0 Å². The fourth-order valence-electron chi connectivity index (χ4n) is 1.52. The Morgan fingerprint density at radius 3 is 2.29 bits per heavy atom. The van der Waals surface area contributed by atoms with Crippen molar-refractivity contribution in [2.75, 3.05) is 0 Å². The van der Waals surface area contributed by atoms with Crippen LogP contribution in [-0.4, -0.2) is 8.42 Å². The van der Waals surface area contributed by atoms with E-state index in [1.54, 1.807) is 12.1 Å². The SMILES string of the molecule is C=C(/C=C(\C=C/N)C(=C)N)NS(=O)(=O)c1ccc(C)cc1. The van der Waals surface area contributed by atoms with E-state index in [9.17, 15) is 8.42 Å². The second kappa shape index (κ2) is 6.81. The van der Waals surface area contributed by atoms with E-state index in [-0.39, 0.29) is 16.3 Å². The van der Waals surface area contributed by atoms with E-state index in [2.05, 4.69) is 17.9 Å². The smallest absolute Gasteiger partial charge is 0.261 e. The van der Waals surface area contributed by atoms with Crippen molar-refractivity contribution in [1.29, 1.82) is 0 Å². The summed E-state index contributed by atoms with van der Waals surface area (Å²) in [4.78, 5) is 0.158. The first kappa shape index (κ1) is 16.6. The maximum atomic E-state index is 12.2. The number of sulfonamides is 1. The summed E-state index contributed by atoms with van der Waals surface area (Å²) in [6.45, 7) is 9.10. The Morgan fingerprint density at radius 2 is 1.81 bits per heavy atom. The maximum absolute atomic E-state index is 12.2. The quantitative estimate of drug-likeness (QED) is 0.696. The van der Waals surface area contributed by atoms with Gasteiger partial charge in [0.15, 0.2) is 0 Å². The fraction of sp³-hybridized carbons (Fsp3) is 0.0667. The van der Waals surface area contributed by atoms with Crippen molar-refractivity contribution >= 4 is 10.0 Å². The lowest BCUT2D eigenvalue weighted by Crippen LogP contribution is -2.22. The molecule has 5 N–H and O–H groups in total. The van der Waals surface area contributed by atoms with E-state index in [0.29, 0.717) is 5.57 Å². The molecule has 1 rings (SSSR count). The Balaban J connectivity index is 2.98. The molecule has 0 amide bonds. The topological polar surface area (TPSA) is 98.2 Å². The van der Waals surface area contributed by atoms with Crippen LogP contribution in [0.1, 0.15) is 5.56 Å². The molecule has 0 saturated carbocycles. The largest absolute Gasteiger partial charge is 0.405 e. The molecule has 0 saturated heterocycles. The molecule has 0 unspecified atom stereocenters. The van der Waals surface area contributed by atoms with Gasteiger partial charge < -0.3 is 11.5 Å². The Labute approximate surface area is 125 Å². The lowest BCUT2D eigenvalue weighted by Gasteiger charge is -2.09. The molecule has 0 spiro atoms. The van der Waals surface area contributed by atoms with E-state index in [4.69, 9.17) is 11.5 Å². The van der Waals surface area contributed by atoms with Crippen LogP contribution < -0.4 is 16.2 Å². The van der Waals surface area contributed by atoms with Crippen LogP contribution in [0.3, 0.4) is 0 Å². The van der Waals surface area contributed by atoms with Gasteiger partial charge in [0, 0.05) is 17.0 Å². The highest BCUT2D eigenvalue weighted by Gasteiger charge is 2.13. The predicted octanol–water partition coefficient (Wildman–Crippen LogP) is 1.66. The van der Waals surface area contributed by atoms with Gasteiger partial charge >= 0.3 is 0 Å². The molecule has 0 bridgehead atoms. The number of allylic oxidation sites excluding steroid dienone is 2. The Morgan fingerprint density at radius 1 is 1.24 bits per heavy atom. The maximum Gasteiger partial charge on any atom is 0.261 e. The van der Waals surface area contributed by atoms with Gasteiger partial charge in [-0.15, -0.1) is 0 Å². The van der Waals surface area contributed by atoms with Gasteiger partial charge in [-0.05, 0) is 37.4 Å². The highest BCUT2D eigenvalue weighted by Crippen LogP contribution is 2.13. The van der Waals surface area contributed by atoms with E-state index in [1.165, 1.54) is 30.5 Å². The van der Waals surface area contributed by atoms with Crippen LogP contribution in [0.5, 0.6) is 0 Å². The number of benzene rings is 1. The summed E-state index contributed by atoms with van der Waals surface area (Å²) < 4.78 is 26.7. The van der Waals surface area contributed by atoms with Crippen LogP contribution in [0, 0.1) is 6.92 Å². The first-order chi connectivity index (χ1) is 9.76. The molecule has 0 fully saturated rings. The molecule has 1 aromatic carbocycles. The van der Waals surface area contributed by atoms with Crippen molar-refractivity contribution in [3.8, 4) is 0 Å². The molecule has 21 heavy (non-hydrogen) atoms. The van der Waals surface area contributed by atoms with E-state index in [1.807, 2.05) is 6.92 Å². The summed E-state index contributed by atoms with van der Waals surface area (Å²) >= 11 is 0. The van der Waals surface area contributed by atoms with E-state index in [0.717, 1.165) is 5.56 Å². The molecule has 0 aromatic heterocycles. The first-order valence-corrected chi connectivity index (χ1v) is 7.57. The summed E-state index contributed by atoms with van der Waals surface area (Å²) in [5.74, 6) is 0. The van der Waals surface area contributed by atoms with Gasteiger partial charge in [0.25, 0.3) is 10.0 Å². The molecule has 0 heterocycles. The highest BCUT2D eigenvalue weighted by molar-refractivity contribution is 7.89. The van der Waals surface area contributed by atoms with Crippen molar-refractivity contribution in [3.05, 3.63) is 78.3 Å². The Bertz CT molecular complexity index is 699. The zero-order chi connectivity index (χ0) is 16.0. The number of hydrogen-bond acceptors (Lipinski definition) is 4. The van der Waals surface area contributed by atoms with Crippen LogP contribution in [0.15, 0.2) is 77.6 Å². The second-order valence-corrected chi connectivity index (χ2v) is 6.11. The van der Waals surface area contributed by atoms with Crippen LogP contribution in [0.2, 0.25) is 0 Å². The van der Waals surface area contributed by atoms with Gasteiger partial charge in [0.05, 0.1) is 4.90 Å². The third-order valence-corrected chi connectivity index (χ3v) is 4.00. The summed E-state index contributed by atoms with van der Waals surface area (Å²) in [6.07, 6.45) is 4.25. The Kier molecular flexibility index (Phi) is 5.37. The van der Waals surface area contributed by atoms with Crippen molar-refractivity contribution in [2.45, 2.75) is 11.8 Å². The number of aryl methyl sites for hydroxylation is 1. The summed E-state index contributed by atoms with van der Waals surface area (Å²) in [7, 11) is -3.68. The second-order valence-electron chi connectivity index (χ2n) is 4.43. The average molecular weight is 305 g/mol. The average Bonchev–Trinajstić information content (AvgIpc) is 2.37. The fourth-order valence-corrected chi connectivity index (χ4v) is 2.53. The summed E-state index contributed by atoms with van der Waals surface area (Å²) in [6, 6.07) is 6.49. The molecule has 0 aliphatic heterocycles. The van der Waals surface area contributed by atoms with Gasteiger partial charge in [-0.25, -0.2) is 8.42 Å². The van der Waals surface area contributed by atoms with Gasteiger partial charge in [-0.2, -0.15) is 0 Å². The molecular formula is C15H19N3O2S. The standard InChI is InChI=1S/C15H19N3O2S/c1-11-4-6-15(7-5-11)21(19,20)18-12(2)10-14(8-9-16)13(3)17/h4-10,18H,2-3,16-17H2,1H3/b9-8-,14-10+. The van der Waals surface area contributed by atoms with Crippen LogP contribution in [-0.2, 0) is 10.0 Å². The van der Waals surface area contributed by atoms with Crippen molar-refractivity contribution in [1.82, 2.24) is 4.72 Å². The molecule has 0 radical (unpaired) electrons. The molecule has 1 aromatic rings. The number of rotatable bonds is 6. The minimum absolute atomic E-state index is 0.158. The summed E-state index contributed by atoms with van der Waals surface area (Å²) in [5, 5.41) is 0. The van der Waals surface area contributed by atoms with Crippen LogP contribution in [0.4, 0.5) is 0 Å². The molecule has 112 valence electrons. The zero-order valence-electron chi connectivity index (χ0n) is 11.8. The van der Waals surface area contributed by atoms with E-state index >= 15 is 0 Å². The Hall–Kier alpha value is -2.47. The molecule has 0 atom stereocenters. The normalized spacial score (nSPS) is 12.3. The summed E-state index contributed by atoms with van der Waals surface area (Å²) in [5.41, 5.74) is 12.7. The molecular weight excluding hydrogens is 286 g/mol. The molecule has 0 aliphatic rings. The number of nitrogens with two attached hydrogens (primary N) is 2. The van der Waals surface area contributed by atoms with Gasteiger partial charge in [-0.1, -0.05) is 30.9 Å². The van der Waals surface area contributed by atoms with Crippen molar-refractivity contribution < 1.29 is 8.42 Å². The lowest BCUT2D eigenvalue weighted by atomic mass is 10.2. The van der Waals surface area contributed by atoms with E-state index < -0.39 is 10.0 Å². The van der Waals surface area contributed by atoms with Crippen LogP contribution in [0.25, 0.3) is 0 Å².